The predicted molar refractivity (Wildman–Crippen MR) is 60.7 cm³/mol. The number of aryl methyl sites for hydroxylation is 1. The molecule has 1 aromatic rings. The second-order valence-corrected chi connectivity index (χ2v) is 3.56. The van der Waals surface area contributed by atoms with E-state index in [1.165, 1.54) is 5.56 Å². The van der Waals surface area contributed by atoms with E-state index in [1.807, 2.05) is 30.3 Å². The summed E-state index contributed by atoms with van der Waals surface area (Å²) in [6, 6.07) is 9.92. The van der Waals surface area contributed by atoms with Crippen LogP contribution in [0.25, 0.3) is 0 Å². The number of carbonyl (C=O) groups excluding carboxylic acids is 1. The van der Waals surface area contributed by atoms with Gasteiger partial charge in [-0.2, -0.15) is 0 Å². The third-order valence-corrected chi connectivity index (χ3v) is 2.22. The SMILES string of the molecule is C=CC(=O)OC(Cl)CCc1ccccc1. The Hall–Kier alpha value is -1.28. The molecule has 3 heteroatoms. The van der Waals surface area contributed by atoms with Gasteiger partial charge in [-0.25, -0.2) is 4.79 Å². The van der Waals surface area contributed by atoms with Gasteiger partial charge in [-0.3, -0.25) is 0 Å². The molecule has 0 spiro atoms. The first kappa shape index (κ1) is 11.8. The lowest BCUT2D eigenvalue weighted by Crippen LogP contribution is -2.11. The summed E-state index contributed by atoms with van der Waals surface area (Å²) in [4.78, 5) is 10.8. The minimum atomic E-state index is -0.587. The standard InChI is InChI=1S/C12H13ClO2/c1-2-12(14)15-11(13)9-8-10-6-4-3-5-7-10/h2-7,11H,1,8-9H2. The van der Waals surface area contributed by atoms with Crippen LogP contribution in [0.3, 0.4) is 0 Å². The molecule has 80 valence electrons. The van der Waals surface area contributed by atoms with Crippen LogP contribution < -0.4 is 0 Å². The van der Waals surface area contributed by atoms with Crippen molar-refractivity contribution in [2.24, 2.45) is 0 Å². The summed E-state index contributed by atoms with van der Waals surface area (Å²) in [5.74, 6) is -0.483. The second kappa shape index (κ2) is 6.25. The van der Waals surface area contributed by atoms with Crippen LogP contribution in [0.4, 0.5) is 0 Å². The van der Waals surface area contributed by atoms with Crippen molar-refractivity contribution in [1.82, 2.24) is 0 Å². The average Bonchev–Trinajstić information content (AvgIpc) is 2.27. The van der Waals surface area contributed by atoms with Crippen molar-refractivity contribution in [3.8, 4) is 0 Å². The molecular weight excluding hydrogens is 212 g/mol. The fourth-order valence-electron chi connectivity index (χ4n) is 1.16. The Morgan fingerprint density at radius 1 is 1.47 bits per heavy atom. The highest BCUT2D eigenvalue weighted by atomic mass is 35.5. The van der Waals surface area contributed by atoms with E-state index < -0.39 is 11.5 Å². The van der Waals surface area contributed by atoms with Crippen molar-refractivity contribution in [3.05, 3.63) is 48.6 Å². The Balaban J connectivity index is 2.31. The zero-order valence-electron chi connectivity index (χ0n) is 8.36. The molecule has 0 N–H and O–H groups in total. The zero-order chi connectivity index (χ0) is 11.1. The molecule has 0 fully saturated rings. The van der Waals surface area contributed by atoms with Gasteiger partial charge in [0.25, 0.3) is 0 Å². The molecule has 15 heavy (non-hydrogen) atoms. The zero-order valence-corrected chi connectivity index (χ0v) is 9.11. The van der Waals surface area contributed by atoms with E-state index in [0.717, 1.165) is 12.5 Å². The van der Waals surface area contributed by atoms with E-state index in [1.54, 1.807) is 0 Å². The lowest BCUT2D eigenvalue weighted by molar-refractivity contribution is -0.139. The Morgan fingerprint density at radius 2 is 2.13 bits per heavy atom. The topological polar surface area (TPSA) is 26.3 Å². The third-order valence-electron chi connectivity index (χ3n) is 1.91. The van der Waals surface area contributed by atoms with E-state index in [0.29, 0.717) is 6.42 Å². The maximum absolute atomic E-state index is 10.8. The van der Waals surface area contributed by atoms with E-state index in [4.69, 9.17) is 16.3 Å². The molecule has 1 aromatic carbocycles. The summed E-state index contributed by atoms with van der Waals surface area (Å²) in [5, 5.41) is 0. The molecule has 0 aliphatic carbocycles. The summed E-state index contributed by atoms with van der Waals surface area (Å²) >= 11 is 5.81. The Bertz CT molecular complexity index is 322. The first-order chi connectivity index (χ1) is 7.22. The molecule has 2 nitrogen and oxygen atoms in total. The van der Waals surface area contributed by atoms with Gasteiger partial charge >= 0.3 is 5.97 Å². The van der Waals surface area contributed by atoms with Gasteiger partial charge in [0.15, 0.2) is 5.56 Å². The molecule has 0 aliphatic heterocycles. The minimum absolute atomic E-state index is 0.483. The summed E-state index contributed by atoms with van der Waals surface area (Å²) in [6.07, 6.45) is 2.50. The van der Waals surface area contributed by atoms with Gasteiger partial charge in [0.1, 0.15) is 0 Å². The normalized spacial score (nSPS) is 11.8. The smallest absolute Gasteiger partial charge is 0.331 e. The van der Waals surface area contributed by atoms with Gasteiger partial charge in [-0.1, -0.05) is 48.5 Å². The molecule has 0 bridgehead atoms. The molecule has 0 radical (unpaired) electrons. The van der Waals surface area contributed by atoms with Crippen LogP contribution in [-0.2, 0) is 16.0 Å². The predicted octanol–water partition coefficient (Wildman–Crippen LogP) is 2.91. The van der Waals surface area contributed by atoms with Crippen molar-refractivity contribution < 1.29 is 9.53 Å². The number of benzene rings is 1. The van der Waals surface area contributed by atoms with Crippen LogP contribution in [0.15, 0.2) is 43.0 Å². The highest BCUT2D eigenvalue weighted by Gasteiger charge is 2.08. The molecule has 0 amide bonds. The van der Waals surface area contributed by atoms with Crippen LogP contribution in [0.5, 0.6) is 0 Å². The number of rotatable bonds is 5. The fraction of sp³-hybridized carbons (Fsp3) is 0.250. The van der Waals surface area contributed by atoms with Gasteiger partial charge in [0, 0.05) is 12.5 Å². The summed E-state index contributed by atoms with van der Waals surface area (Å²) < 4.78 is 4.83. The number of hydrogen-bond acceptors (Lipinski definition) is 2. The van der Waals surface area contributed by atoms with Crippen LogP contribution in [0.1, 0.15) is 12.0 Å². The van der Waals surface area contributed by atoms with Crippen LogP contribution in [0, 0.1) is 0 Å². The molecule has 1 rings (SSSR count). The number of carbonyl (C=O) groups is 1. The maximum atomic E-state index is 10.8. The molecule has 0 aromatic heterocycles. The van der Waals surface area contributed by atoms with Gasteiger partial charge in [-0.15, -0.1) is 0 Å². The number of halogens is 1. The third kappa shape index (κ3) is 4.66. The first-order valence-corrected chi connectivity index (χ1v) is 5.17. The van der Waals surface area contributed by atoms with E-state index >= 15 is 0 Å². The highest BCUT2D eigenvalue weighted by Crippen LogP contribution is 2.10. The summed E-state index contributed by atoms with van der Waals surface area (Å²) in [6.45, 7) is 3.30. The Labute approximate surface area is 94.5 Å². The number of ether oxygens (including phenoxy) is 1. The average molecular weight is 225 g/mol. The highest BCUT2D eigenvalue weighted by molar-refractivity contribution is 6.20. The lowest BCUT2D eigenvalue weighted by Gasteiger charge is -2.09. The van der Waals surface area contributed by atoms with Crippen molar-refractivity contribution in [2.45, 2.75) is 18.4 Å². The lowest BCUT2D eigenvalue weighted by atomic mass is 10.1. The molecular formula is C12H13ClO2. The largest absolute Gasteiger partial charge is 0.443 e. The van der Waals surface area contributed by atoms with Crippen LogP contribution in [-0.4, -0.2) is 11.5 Å². The van der Waals surface area contributed by atoms with Gasteiger partial charge in [-0.05, 0) is 12.0 Å². The molecule has 0 aliphatic rings. The van der Waals surface area contributed by atoms with E-state index in [2.05, 4.69) is 6.58 Å². The molecule has 0 saturated heterocycles. The van der Waals surface area contributed by atoms with Gasteiger partial charge in [0.05, 0.1) is 0 Å². The van der Waals surface area contributed by atoms with Crippen molar-refractivity contribution in [3.63, 3.8) is 0 Å². The number of alkyl halides is 1. The summed E-state index contributed by atoms with van der Waals surface area (Å²) in [5.41, 5.74) is 0.591. The number of esters is 1. The minimum Gasteiger partial charge on any atom is -0.443 e. The Morgan fingerprint density at radius 3 is 2.73 bits per heavy atom. The second-order valence-electron chi connectivity index (χ2n) is 3.08. The van der Waals surface area contributed by atoms with Gasteiger partial charge in [0.2, 0.25) is 0 Å². The summed E-state index contributed by atoms with van der Waals surface area (Å²) in [7, 11) is 0. The molecule has 1 unspecified atom stereocenters. The van der Waals surface area contributed by atoms with Gasteiger partial charge < -0.3 is 4.74 Å². The van der Waals surface area contributed by atoms with Crippen molar-refractivity contribution >= 4 is 17.6 Å². The van der Waals surface area contributed by atoms with Crippen molar-refractivity contribution in [2.75, 3.05) is 0 Å². The van der Waals surface area contributed by atoms with E-state index in [9.17, 15) is 4.79 Å². The maximum Gasteiger partial charge on any atom is 0.331 e. The first-order valence-electron chi connectivity index (χ1n) is 4.73. The molecule has 0 saturated carbocycles. The van der Waals surface area contributed by atoms with Crippen LogP contribution in [0.2, 0.25) is 0 Å². The Kier molecular flexibility index (Phi) is 4.91. The van der Waals surface area contributed by atoms with E-state index in [-0.39, 0.29) is 0 Å². The van der Waals surface area contributed by atoms with Crippen molar-refractivity contribution in [1.29, 1.82) is 0 Å². The fourth-order valence-corrected chi connectivity index (χ4v) is 1.35. The molecule has 1 atom stereocenters. The quantitative estimate of drug-likeness (QED) is 0.437. The molecule has 0 heterocycles. The number of hydrogen-bond donors (Lipinski definition) is 0. The van der Waals surface area contributed by atoms with Crippen LogP contribution >= 0.6 is 11.6 Å². The monoisotopic (exact) mass is 224 g/mol.